The smallest absolute Gasteiger partial charge is 0.124 e. The lowest BCUT2D eigenvalue weighted by atomic mass is 9.97. The van der Waals surface area contributed by atoms with Gasteiger partial charge in [0.25, 0.3) is 0 Å². The van der Waals surface area contributed by atoms with Gasteiger partial charge in [0.15, 0.2) is 0 Å². The van der Waals surface area contributed by atoms with Gasteiger partial charge in [-0.3, -0.25) is 0 Å². The minimum atomic E-state index is -0.153. The van der Waals surface area contributed by atoms with Crippen molar-refractivity contribution in [2.75, 3.05) is 6.54 Å². The summed E-state index contributed by atoms with van der Waals surface area (Å²) in [4.78, 5) is 0. The predicted octanol–water partition coefficient (Wildman–Crippen LogP) is 3.91. The van der Waals surface area contributed by atoms with Crippen LogP contribution in [0.5, 0.6) is 0 Å². The van der Waals surface area contributed by atoms with Crippen molar-refractivity contribution in [1.82, 2.24) is 5.32 Å². The molecule has 0 bridgehead atoms. The average Bonchev–Trinajstić information content (AvgIpc) is 3.06. The Balaban J connectivity index is 1.91. The number of hydrogen-bond donors (Lipinski definition) is 1. The zero-order valence-corrected chi connectivity index (χ0v) is 11.8. The van der Waals surface area contributed by atoms with Gasteiger partial charge >= 0.3 is 0 Å². The predicted molar refractivity (Wildman–Crippen MR) is 72.6 cm³/mol. The fraction of sp³-hybridized carbons (Fsp3) is 0.571. The SMILES string of the molecule is CCC(CNC1CC1)Cc1cc(F)cc(Br)c1. The summed E-state index contributed by atoms with van der Waals surface area (Å²) in [6.45, 7) is 3.25. The summed E-state index contributed by atoms with van der Waals surface area (Å²) in [5.41, 5.74) is 1.08. The van der Waals surface area contributed by atoms with E-state index in [1.54, 1.807) is 6.07 Å². The first kappa shape index (κ1) is 13.0. The second kappa shape index (κ2) is 5.96. The fourth-order valence-corrected chi connectivity index (χ4v) is 2.56. The van der Waals surface area contributed by atoms with E-state index in [1.807, 2.05) is 6.07 Å². The van der Waals surface area contributed by atoms with Crippen molar-refractivity contribution in [3.63, 3.8) is 0 Å². The molecule has 0 radical (unpaired) electrons. The molecule has 1 nitrogen and oxygen atoms in total. The van der Waals surface area contributed by atoms with Gasteiger partial charge in [0, 0.05) is 10.5 Å². The van der Waals surface area contributed by atoms with Crippen LogP contribution in [0.25, 0.3) is 0 Å². The molecule has 0 spiro atoms. The van der Waals surface area contributed by atoms with E-state index in [9.17, 15) is 4.39 Å². The molecule has 1 aromatic carbocycles. The van der Waals surface area contributed by atoms with E-state index in [2.05, 4.69) is 28.2 Å². The number of rotatable bonds is 6. The minimum absolute atomic E-state index is 0.153. The Bertz CT molecular complexity index is 356. The summed E-state index contributed by atoms with van der Waals surface area (Å²) >= 11 is 3.34. The first-order chi connectivity index (χ1) is 8.17. The topological polar surface area (TPSA) is 12.0 Å². The maximum Gasteiger partial charge on any atom is 0.124 e. The molecule has 1 fully saturated rings. The largest absolute Gasteiger partial charge is 0.314 e. The molecule has 2 rings (SSSR count). The Kier molecular flexibility index (Phi) is 4.57. The van der Waals surface area contributed by atoms with Gasteiger partial charge < -0.3 is 5.32 Å². The van der Waals surface area contributed by atoms with Gasteiger partial charge in [-0.2, -0.15) is 0 Å². The molecule has 1 N–H and O–H groups in total. The van der Waals surface area contributed by atoms with E-state index >= 15 is 0 Å². The zero-order chi connectivity index (χ0) is 12.3. The van der Waals surface area contributed by atoms with Crippen molar-refractivity contribution in [1.29, 1.82) is 0 Å². The average molecular weight is 300 g/mol. The molecule has 0 heterocycles. The highest BCUT2D eigenvalue weighted by atomic mass is 79.9. The Morgan fingerprint density at radius 1 is 1.41 bits per heavy atom. The summed E-state index contributed by atoms with van der Waals surface area (Å²) in [7, 11) is 0. The molecule has 1 aliphatic carbocycles. The molecule has 1 atom stereocenters. The van der Waals surface area contributed by atoms with Crippen LogP contribution in [0.3, 0.4) is 0 Å². The second-order valence-electron chi connectivity index (χ2n) is 4.94. The normalized spacial score (nSPS) is 17.1. The van der Waals surface area contributed by atoms with Crippen molar-refractivity contribution in [2.24, 2.45) is 5.92 Å². The van der Waals surface area contributed by atoms with E-state index in [0.29, 0.717) is 5.92 Å². The van der Waals surface area contributed by atoms with Gasteiger partial charge in [0.05, 0.1) is 0 Å². The quantitative estimate of drug-likeness (QED) is 0.840. The minimum Gasteiger partial charge on any atom is -0.314 e. The third-order valence-electron chi connectivity index (χ3n) is 3.30. The third kappa shape index (κ3) is 4.40. The molecule has 0 saturated heterocycles. The lowest BCUT2D eigenvalue weighted by Gasteiger charge is -2.16. The van der Waals surface area contributed by atoms with Gasteiger partial charge in [0.1, 0.15) is 5.82 Å². The zero-order valence-electron chi connectivity index (χ0n) is 10.2. The molecule has 0 aliphatic heterocycles. The maximum atomic E-state index is 13.3. The molecule has 1 aliphatic rings. The molecule has 94 valence electrons. The lowest BCUT2D eigenvalue weighted by molar-refractivity contribution is 0.457. The van der Waals surface area contributed by atoms with Crippen molar-refractivity contribution in [2.45, 2.75) is 38.6 Å². The summed E-state index contributed by atoms with van der Waals surface area (Å²) in [5, 5.41) is 3.55. The number of halogens is 2. The van der Waals surface area contributed by atoms with E-state index < -0.39 is 0 Å². The van der Waals surface area contributed by atoms with Crippen molar-refractivity contribution >= 4 is 15.9 Å². The molecular formula is C14H19BrFN. The summed E-state index contributed by atoms with van der Waals surface area (Å²) in [6.07, 6.45) is 4.73. The standard InChI is InChI=1S/C14H19BrFN/c1-2-10(9-17-14-3-4-14)5-11-6-12(15)8-13(16)7-11/h6-8,10,14,17H,2-5,9H2,1H3. The van der Waals surface area contributed by atoms with E-state index in [4.69, 9.17) is 0 Å². The van der Waals surface area contributed by atoms with Crippen molar-refractivity contribution in [3.05, 3.63) is 34.1 Å². The molecule has 0 amide bonds. The van der Waals surface area contributed by atoms with E-state index in [0.717, 1.165) is 35.5 Å². The lowest BCUT2D eigenvalue weighted by Crippen LogP contribution is -2.25. The maximum absolute atomic E-state index is 13.3. The Morgan fingerprint density at radius 3 is 2.76 bits per heavy atom. The fourth-order valence-electron chi connectivity index (χ4n) is 2.04. The van der Waals surface area contributed by atoms with Crippen LogP contribution in [0.4, 0.5) is 4.39 Å². The highest BCUT2D eigenvalue weighted by Gasteiger charge is 2.21. The van der Waals surface area contributed by atoms with Gasteiger partial charge in [-0.05, 0) is 55.5 Å². The van der Waals surface area contributed by atoms with Gasteiger partial charge in [-0.25, -0.2) is 4.39 Å². The van der Waals surface area contributed by atoms with Crippen LogP contribution < -0.4 is 5.32 Å². The van der Waals surface area contributed by atoms with Crippen LogP contribution in [0.2, 0.25) is 0 Å². The Labute approximate surface area is 111 Å². The Morgan fingerprint density at radius 2 is 2.18 bits per heavy atom. The van der Waals surface area contributed by atoms with Gasteiger partial charge in [-0.1, -0.05) is 29.3 Å². The molecule has 1 unspecified atom stereocenters. The molecular weight excluding hydrogens is 281 g/mol. The first-order valence-electron chi connectivity index (χ1n) is 6.35. The summed E-state index contributed by atoms with van der Waals surface area (Å²) in [5.74, 6) is 0.448. The van der Waals surface area contributed by atoms with Crippen molar-refractivity contribution in [3.8, 4) is 0 Å². The Hall–Kier alpha value is -0.410. The van der Waals surface area contributed by atoms with E-state index in [1.165, 1.54) is 18.9 Å². The van der Waals surface area contributed by atoms with Gasteiger partial charge in [-0.15, -0.1) is 0 Å². The molecule has 3 heteroatoms. The monoisotopic (exact) mass is 299 g/mol. The molecule has 17 heavy (non-hydrogen) atoms. The summed E-state index contributed by atoms with van der Waals surface area (Å²) in [6, 6.07) is 5.92. The molecule has 1 saturated carbocycles. The molecule has 0 aromatic heterocycles. The number of hydrogen-bond acceptors (Lipinski definition) is 1. The van der Waals surface area contributed by atoms with Crippen LogP contribution in [0.1, 0.15) is 31.7 Å². The van der Waals surface area contributed by atoms with Crippen LogP contribution in [0.15, 0.2) is 22.7 Å². The highest BCUT2D eigenvalue weighted by Crippen LogP contribution is 2.21. The number of nitrogens with one attached hydrogen (secondary N) is 1. The second-order valence-corrected chi connectivity index (χ2v) is 5.85. The third-order valence-corrected chi connectivity index (χ3v) is 3.75. The highest BCUT2D eigenvalue weighted by molar-refractivity contribution is 9.10. The van der Waals surface area contributed by atoms with Crippen LogP contribution >= 0.6 is 15.9 Å². The summed E-state index contributed by atoms with van der Waals surface area (Å²) < 4.78 is 14.1. The number of benzene rings is 1. The van der Waals surface area contributed by atoms with Crippen LogP contribution in [0, 0.1) is 11.7 Å². The van der Waals surface area contributed by atoms with Crippen LogP contribution in [-0.4, -0.2) is 12.6 Å². The first-order valence-corrected chi connectivity index (χ1v) is 7.15. The molecule has 1 aromatic rings. The van der Waals surface area contributed by atoms with Crippen LogP contribution in [-0.2, 0) is 6.42 Å². The van der Waals surface area contributed by atoms with Gasteiger partial charge in [0.2, 0.25) is 0 Å². The van der Waals surface area contributed by atoms with Crippen molar-refractivity contribution < 1.29 is 4.39 Å². The van der Waals surface area contributed by atoms with E-state index in [-0.39, 0.29) is 5.82 Å².